The molecule has 0 radical (unpaired) electrons. The van der Waals surface area contributed by atoms with Crippen LogP contribution in [0.25, 0.3) is 0 Å². The molecule has 1 aliphatic rings. The Kier molecular flexibility index (Phi) is 6.40. The van der Waals surface area contributed by atoms with Crippen molar-refractivity contribution in [2.45, 2.75) is 18.0 Å². The van der Waals surface area contributed by atoms with Gasteiger partial charge in [-0.1, -0.05) is 24.3 Å². The molecule has 2 aromatic rings. The number of nitro groups is 1. The Morgan fingerprint density at radius 3 is 2.11 bits per heavy atom. The Bertz CT molecular complexity index is 906. The van der Waals surface area contributed by atoms with Gasteiger partial charge in [-0.3, -0.25) is 15.0 Å². The van der Waals surface area contributed by atoms with Crippen molar-refractivity contribution >= 4 is 15.7 Å². The number of hydrogen-bond donors (Lipinski definition) is 1. The van der Waals surface area contributed by atoms with Crippen LogP contribution in [0.1, 0.15) is 11.1 Å². The molecule has 8 nitrogen and oxygen atoms in total. The Balaban J connectivity index is 1.55. The van der Waals surface area contributed by atoms with E-state index in [0.717, 1.165) is 38.3 Å². The summed E-state index contributed by atoms with van der Waals surface area (Å²) in [6, 6.07) is 12.7. The maximum absolute atomic E-state index is 12.4. The predicted octanol–water partition coefficient (Wildman–Crippen LogP) is 1.82. The average Bonchev–Trinajstić information content (AvgIpc) is 2.69. The van der Waals surface area contributed by atoms with E-state index in [2.05, 4.69) is 21.6 Å². The molecule has 1 aliphatic heterocycles. The fraction of sp³-hybridized carbons (Fsp3) is 0.368. The van der Waals surface area contributed by atoms with E-state index < -0.39 is 14.9 Å². The van der Waals surface area contributed by atoms with Gasteiger partial charge in [0.1, 0.15) is 0 Å². The van der Waals surface area contributed by atoms with Crippen LogP contribution in [0.4, 0.5) is 5.69 Å². The lowest BCUT2D eigenvalue weighted by Gasteiger charge is -2.32. The quantitative estimate of drug-likeness (QED) is 0.559. The molecule has 9 heteroatoms. The molecule has 28 heavy (non-hydrogen) atoms. The molecular formula is C19H24N4O4S. The van der Waals surface area contributed by atoms with Crippen LogP contribution in [0.3, 0.4) is 0 Å². The first kappa shape index (κ1) is 20.4. The van der Waals surface area contributed by atoms with E-state index in [1.165, 1.54) is 29.8 Å². The molecule has 0 unspecified atom stereocenters. The second kappa shape index (κ2) is 8.78. The van der Waals surface area contributed by atoms with Gasteiger partial charge in [-0.05, 0) is 30.3 Å². The molecule has 2 aromatic carbocycles. The third kappa shape index (κ3) is 5.35. The molecule has 0 atom stereocenters. The highest BCUT2D eigenvalue weighted by Crippen LogP contribution is 2.16. The molecule has 0 saturated carbocycles. The molecule has 0 aliphatic carbocycles. The number of rotatable bonds is 7. The van der Waals surface area contributed by atoms with Crippen molar-refractivity contribution in [2.75, 3.05) is 33.2 Å². The predicted molar refractivity (Wildman–Crippen MR) is 106 cm³/mol. The van der Waals surface area contributed by atoms with Gasteiger partial charge in [-0.15, -0.1) is 0 Å². The smallest absolute Gasteiger partial charge is 0.269 e. The van der Waals surface area contributed by atoms with Gasteiger partial charge in [0.2, 0.25) is 10.0 Å². The lowest BCUT2D eigenvalue weighted by molar-refractivity contribution is -0.384. The maximum atomic E-state index is 12.4. The van der Waals surface area contributed by atoms with Crippen molar-refractivity contribution in [3.63, 3.8) is 0 Å². The van der Waals surface area contributed by atoms with Gasteiger partial charge in [0.05, 0.1) is 9.82 Å². The van der Waals surface area contributed by atoms with Crippen LogP contribution in [0.5, 0.6) is 0 Å². The monoisotopic (exact) mass is 404 g/mol. The van der Waals surface area contributed by atoms with Crippen LogP contribution in [-0.2, 0) is 23.1 Å². The summed E-state index contributed by atoms with van der Waals surface area (Å²) in [7, 11) is -1.60. The highest BCUT2D eigenvalue weighted by atomic mass is 32.2. The zero-order chi connectivity index (χ0) is 20.1. The fourth-order valence-electron chi connectivity index (χ4n) is 3.04. The van der Waals surface area contributed by atoms with Crippen LogP contribution >= 0.6 is 0 Å². The van der Waals surface area contributed by atoms with Crippen molar-refractivity contribution in [1.82, 2.24) is 14.5 Å². The van der Waals surface area contributed by atoms with Crippen molar-refractivity contribution in [1.29, 1.82) is 0 Å². The second-order valence-corrected chi connectivity index (χ2v) is 8.74. The van der Waals surface area contributed by atoms with E-state index in [-0.39, 0.29) is 17.1 Å². The van der Waals surface area contributed by atoms with Gasteiger partial charge in [-0.25, -0.2) is 13.1 Å². The van der Waals surface area contributed by atoms with Crippen molar-refractivity contribution < 1.29 is 13.3 Å². The largest absolute Gasteiger partial charge is 0.304 e. The standard InChI is InChI=1S/C19H24N4O4S/c1-21-10-12-22(13-11-21)15-17-4-2-16(3-5-17)14-20-28(26,27)19-8-6-18(7-9-19)23(24)25/h2-9,20H,10-15H2,1H3. The van der Waals surface area contributed by atoms with Gasteiger partial charge >= 0.3 is 0 Å². The number of hydrogen-bond acceptors (Lipinski definition) is 6. The average molecular weight is 404 g/mol. The topological polar surface area (TPSA) is 95.8 Å². The zero-order valence-electron chi connectivity index (χ0n) is 15.7. The van der Waals surface area contributed by atoms with Crippen molar-refractivity contribution in [3.8, 4) is 0 Å². The van der Waals surface area contributed by atoms with E-state index in [0.29, 0.717) is 0 Å². The number of likely N-dealkylation sites (N-methyl/N-ethyl adjacent to an activating group) is 1. The summed E-state index contributed by atoms with van der Waals surface area (Å²) in [5.41, 5.74) is 1.91. The third-order valence-electron chi connectivity index (χ3n) is 4.85. The van der Waals surface area contributed by atoms with E-state index in [1.54, 1.807) is 0 Å². The second-order valence-electron chi connectivity index (χ2n) is 6.97. The highest BCUT2D eigenvalue weighted by molar-refractivity contribution is 7.89. The molecule has 1 saturated heterocycles. The minimum atomic E-state index is -3.72. The Morgan fingerprint density at radius 2 is 1.54 bits per heavy atom. The number of non-ortho nitro benzene ring substituents is 1. The summed E-state index contributed by atoms with van der Waals surface area (Å²) < 4.78 is 27.2. The van der Waals surface area contributed by atoms with Gasteiger partial charge in [0.15, 0.2) is 0 Å². The van der Waals surface area contributed by atoms with Gasteiger partial charge in [-0.2, -0.15) is 0 Å². The SMILES string of the molecule is CN1CCN(Cc2ccc(CNS(=O)(=O)c3ccc([N+](=O)[O-])cc3)cc2)CC1. The Hall–Kier alpha value is -2.33. The third-order valence-corrected chi connectivity index (χ3v) is 6.27. The molecule has 0 bridgehead atoms. The molecule has 0 amide bonds. The molecular weight excluding hydrogens is 380 g/mol. The summed E-state index contributed by atoms with van der Waals surface area (Å²) in [4.78, 5) is 14.8. The minimum Gasteiger partial charge on any atom is -0.304 e. The van der Waals surface area contributed by atoms with Crippen LogP contribution in [0.2, 0.25) is 0 Å². The number of nitrogens with one attached hydrogen (secondary N) is 1. The van der Waals surface area contributed by atoms with Crippen LogP contribution in [0, 0.1) is 10.1 Å². The number of benzene rings is 2. The van der Waals surface area contributed by atoms with Gasteiger partial charge < -0.3 is 4.90 Å². The fourth-order valence-corrected chi connectivity index (χ4v) is 4.05. The first-order valence-corrected chi connectivity index (χ1v) is 10.5. The molecule has 1 N–H and O–H groups in total. The molecule has 3 rings (SSSR count). The number of piperazine rings is 1. The molecule has 0 spiro atoms. The normalized spacial score (nSPS) is 16.2. The summed E-state index contributed by atoms with van der Waals surface area (Å²) in [6.07, 6.45) is 0. The molecule has 1 fully saturated rings. The maximum Gasteiger partial charge on any atom is 0.269 e. The lowest BCUT2D eigenvalue weighted by Crippen LogP contribution is -2.43. The van der Waals surface area contributed by atoms with Crippen LogP contribution in [0.15, 0.2) is 53.4 Å². The Labute approximate surface area is 165 Å². The molecule has 0 aromatic heterocycles. The summed E-state index contributed by atoms with van der Waals surface area (Å²) in [6.45, 7) is 5.29. The summed E-state index contributed by atoms with van der Waals surface area (Å²) >= 11 is 0. The number of sulfonamides is 1. The summed E-state index contributed by atoms with van der Waals surface area (Å²) in [5.74, 6) is 0. The Morgan fingerprint density at radius 1 is 0.964 bits per heavy atom. The minimum absolute atomic E-state index is 0.00443. The lowest BCUT2D eigenvalue weighted by atomic mass is 10.1. The molecule has 150 valence electrons. The first-order valence-electron chi connectivity index (χ1n) is 9.06. The number of nitro benzene ring substituents is 1. The van der Waals surface area contributed by atoms with Gasteiger partial charge in [0.25, 0.3) is 5.69 Å². The van der Waals surface area contributed by atoms with Crippen LogP contribution < -0.4 is 4.72 Å². The van der Waals surface area contributed by atoms with E-state index in [9.17, 15) is 18.5 Å². The zero-order valence-corrected chi connectivity index (χ0v) is 16.6. The van der Waals surface area contributed by atoms with E-state index in [4.69, 9.17) is 0 Å². The number of nitrogens with zero attached hydrogens (tertiary/aromatic N) is 3. The van der Waals surface area contributed by atoms with Gasteiger partial charge in [0, 0.05) is 51.4 Å². The van der Waals surface area contributed by atoms with E-state index >= 15 is 0 Å². The van der Waals surface area contributed by atoms with E-state index in [1.807, 2.05) is 24.3 Å². The first-order chi connectivity index (χ1) is 13.3. The summed E-state index contributed by atoms with van der Waals surface area (Å²) in [5, 5.41) is 10.7. The van der Waals surface area contributed by atoms with Crippen molar-refractivity contribution in [2.24, 2.45) is 0 Å². The highest BCUT2D eigenvalue weighted by Gasteiger charge is 2.16. The molecule has 1 heterocycles. The van der Waals surface area contributed by atoms with Crippen molar-refractivity contribution in [3.05, 3.63) is 69.8 Å². The van der Waals surface area contributed by atoms with Crippen LogP contribution in [-0.4, -0.2) is 56.4 Å².